The zero-order valence-electron chi connectivity index (χ0n) is 12.8. The van der Waals surface area contributed by atoms with E-state index >= 15 is 0 Å². The Hall–Kier alpha value is -1.38. The van der Waals surface area contributed by atoms with Gasteiger partial charge >= 0.3 is 6.03 Å². The number of amides is 2. The lowest BCUT2D eigenvalue weighted by Crippen LogP contribution is -2.53. The van der Waals surface area contributed by atoms with Crippen molar-refractivity contribution in [3.05, 3.63) is 29.0 Å². The minimum atomic E-state index is -3.74. The van der Waals surface area contributed by atoms with E-state index in [1.807, 2.05) is 6.92 Å². The highest BCUT2D eigenvalue weighted by Crippen LogP contribution is 2.23. The smallest absolute Gasteiger partial charge is 0.317 e. The number of nitrogens with one attached hydrogen (secondary N) is 1. The highest BCUT2D eigenvalue weighted by Gasteiger charge is 2.30. The van der Waals surface area contributed by atoms with Crippen molar-refractivity contribution in [1.82, 2.24) is 14.5 Å². The normalized spacial score (nSPS) is 16.4. The molecule has 1 fully saturated rings. The van der Waals surface area contributed by atoms with Gasteiger partial charge in [-0.2, -0.15) is 4.31 Å². The summed E-state index contributed by atoms with van der Waals surface area (Å²) in [6.45, 7) is 3.55. The molecule has 0 unspecified atom stereocenters. The van der Waals surface area contributed by atoms with E-state index in [4.69, 9.17) is 11.6 Å². The monoisotopic (exact) mass is 363 g/mol. The van der Waals surface area contributed by atoms with Gasteiger partial charge in [0.15, 0.2) is 0 Å². The van der Waals surface area contributed by atoms with Crippen molar-refractivity contribution in [2.75, 3.05) is 32.7 Å². The van der Waals surface area contributed by atoms with Gasteiger partial charge in [0, 0.05) is 32.7 Å². The van der Waals surface area contributed by atoms with Crippen molar-refractivity contribution in [3.63, 3.8) is 0 Å². The van der Waals surface area contributed by atoms with E-state index in [1.165, 1.54) is 10.4 Å². The van der Waals surface area contributed by atoms with Crippen molar-refractivity contribution in [1.29, 1.82) is 0 Å². The molecular weight excluding hydrogens is 345 g/mol. The number of halogens is 2. The summed E-state index contributed by atoms with van der Waals surface area (Å²) >= 11 is 5.65. The summed E-state index contributed by atoms with van der Waals surface area (Å²) in [6, 6.07) is 3.14. The van der Waals surface area contributed by atoms with E-state index in [9.17, 15) is 17.6 Å². The number of carbonyl (C=O) groups is 1. The van der Waals surface area contributed by atoms with Crippen LogP contribution in [0.15, 0.2) is 23.1 Å². The third-order valence-electron chi connectivity index (χ3n) is 3.58. The zero-order chi connectivity index (χ0) is 17.0. The van der Waals surface area contributed by atoms with Gasteiger partial charge in [0.25, 0.3) is 0 Å². The molecule has 23 heavy (non-hydrogen) atoms. The van der Waals surface area contributed by atoms with Crippen LogP contribution in [0.3, 0.4) is 0 Å². The minimum Gasteiger partial charge on any atom is -0.338 e. The number of benzene rings is 1. The van der Waals surface area contributed by atoms with Gasteiger partial charge in [-0.05, 0) is 24.6 Å². The molecule has 0 aliphatic carbocycles. The number of piperazine rings is 1. The van der Waals surface area contributed by atoms with E-state index in [-0.39, 0.29) is 29.0 Å². The van der Waals surface area contributed by atoms with Crippen LogP contribution in [-0.4, -0.2) is 56.4 Å². The molecular formula is C14H19ClFN3O3S. The molecule has 0 aromatic heterocycles. The van der Waals surface area contributed by atoms with Gasteiger partial charge in [0.05, 0.1) is 9.92 Å². The SMILES string of the molecule is CCCNC(=O)N1CCN(S(=O)(=O)c2ccc(F)c(Cl)c2)CC1. The summed E-state index contributed by atoms with van der Waals surface area (Å²) in [7, 11) is -3.74. The molecule has 0 bridgehead atoms. The van der Waals surface area contributed by atoms with Crippen molar-refractivity contribution >= 4 is 27.7 Å². The molecule has 1 aromatic carbocycles. The lowest BCUT2D eigenvalue weighted by Gasteiger charge is -2.34. The Morgan fingerprint density at radius 1 is 1.30 bits per heavy atom. The standard InChI is InChI=1S/C14H19ClFN3O3S/c1-2-5-17-14(20)18-6-8-19(9-7-18)23(21,22)11-3-4-13(16)12(15)10-11/h3-4,10H,2,5-9H2,1H3,(H,17,20). The Kier molecular flexibility index (Phi) is 5.83. The van der Waals surface area contributed by atoms with E-state index < -0.39 is 15.8 Å². The van der Waals surface area contributed by atoms with Crippen LogP contribution in [0.1, 0.15) is 13.3 Å². The zero-order valence-corrected chi connectivity index (χ0v) is 14.3. The first kappa shape index (κ1) is 18.0. The summed E-state index contributed by atoms with van der Waals surface area (Å²) in [5.74, 6) is -0.664. The molecule has 1 aromatic rings. The molecule has 6 nitrogen and oxygen atoms in total. The van der Waals surface area contributed by atoms with Crippen LogP contribution in [-0.2, 0) is 10.0 Å². The number of hydrogen-bond acceptors (Lipinski definition) is 3. The third-order valence-corrected chi connectivity index (χ3v) is 5.77. The Morgan fingerprint density at radius 2 is 1.96 bits per heavy atom. The van der Waals surface area contributed by atoms with Gasteiger partial charge < -0.3 is 10.2 Å². The molecule has 2 amide bonds. The minimum absolute atomic E-state index is 0.0483. The van der Waals surface area contributed by atoms with Crippen molar-refractivity contribution in [2.24, 2.45) is 0 Å². The first-order chi connectivity index (χ1) is 10.9. The molecule has 128 valence electrons. The number of nitrogens with zero attached hydrogens (tertiary/aromatic N) is 2. The van der Waals surface area contributed by atoms with Gasteiger partial charge in [-0.15, -0.1) is 0 Å². The van der Waals surface area contributed by atoms with Crippen molar-refractivity contribution in [3.8, 4) is 0 Å². The van der Waals surface area contributed by atoms with E-state index in [0.29, 0.717) is 19.6 Å². The fourth-order valence-corrected chi connectivity index (χ4v) is 3.96. The number of hydrogen-bond donors (Lipinski definition) is 1. The second-order valence-electron chi connectivity index (χ2n) is 5.20. The van der Waals surface area contributed by atoms with Crippen LogP contribution in [0.5, 0.6) is 0 Å². The van der Waals surface area contributed by atoms with Crippen LogP contribution in [0.25, 0.3) is 0 Å². The second-order valence-corrected chi connectivity index (χ2v) is 7.54. The van der Waals surface area contributed by atoms with Crippen LogP contribution in [0.4, 0.5) is 9.18 Å². The van der Waals surface area contributed by atoms with Gasteiger partial charge in [0.1, 0.15) is 5.82 Å². The first-order valence-corrected chi connectivity index (χ1v) is 9.16. The number of carbonyl (C=O) groups excluding carboxylic acids is 1. The fraction of sp³-hybridized carbons (Fsp3) is 0.500. The molecule has 0 saturated carbocycles. The van der Waals surface area contributed by atoms with Crippen LogP contribution in [0.2, 0.25) is 5.02 Å². The average molecular weight is 364 g/mol. The molecule has 1 heterocycles. The van der Waals surface area contributed by atoms with Gasteiger partial charge in [-0.1, -0.05) is 18.5 Å². The molecule has 2 rings (SSSR count). The fourth-order valence-electron chi connectivity index (χ4n) is 2.26. The molecule has 1 saturated heterocycles. The predicted octanol–water partition coefficient (Wildman–Crippen LogP) is 1.91. The molecule has 1 N–H and O–H groups in total. The average Bonchev–Trinajstić information content (AvgIpc) is 2.55. The van der Waals surface area contributed by atoms with Crippen molar-refractivity contribution < 1.29 is 17.6 Å². The summed E-state index contributed by atoms with van der Waals surface area (Å²) in [5.41, 5.74) is 0. The van der Waals surface area contributed by atoms with Gasteiger partial charge in [-0.3, -0.25) is 0 Å². The Morgan fingerprint density at radius 3 is 2.52 bits per heavy atom. The topological polar surface area (TPSA) is 69.7 Å². The number of urea groups is 1. The van der Waals surface area contributed by atoms with Gasteiger partial charge in [0.2, 0.25) is 10.0 Å². The maximum absolute atomic E-state index is 13.2. The third kappa shape index (κ3) is 4.13. The van der Waals surface area contributed by atoms with Crippen LogP contribution >= 0.6 is 11.6 Å². The highest BCUT2D eigenvalue weighted by molar-refractivity contribution is 7.89. The molecule has 1 aliphatic heterocycles. The van der Waals surface area contributed by atoms with E-state index in [1.54, 1.807) is 4.90 Å². The lowest BCUT2D eigenvalue weighted by molar-refractivity contribution is 0.172. The molecule has 0 atom stereocenters. The molecule has 1 aliphatic rings. The van der Waals surface area contributed by atoms with Crippen LogP contribution in [0, 0.1) is 5.82 Å². The maximum atomic E-state index is 13.2. The van der Waals surface area contributed by atoms with Crippen molar-refractivity contribution in [2.45, 2.75) is 18.2 Å². The predicted molar refractivity (Wildman–Crippen MR) is 85.4 cm³/mol. The first-order valence-electron chi connectivity index (χ1n) is 7.34. The summed E-state index contributed by atoms with van der Waals surface area (Å²) < 4.78 is 39.5. The summed E-state index contributed by atoms with van der Waals surface area (Å²) in [4.78, 5) is 13.4. The Balaban J connectivity index is 2.03. The van der Waals surface area contributed by atoms with E-state index in [0.717, 1.165) is 18.6 Å². The molecule has 0 radical (unpaired) electrons. The van der Waals surface area contributed by atoms with E-state index in [2.05, 4.69) is 5.32 Å². The molecule has 9 heteroatoms. The largest absolute Gasteiger partial charge is 0.338 e. The Bertz CT molecular complexity index is 676. The maximum Gasteiger partial charge on any atom is 0.317 e. The van der Waals surface area contributed by atoms with Crippen LogP contribution < -0.4 is 5.32 Å². The molecule has 0 spiro atoms. The summed E-state index contributed by atoms with van der Waals surface area (Å²) in [6.07, 6.45) is 0.839. The quantitative estimate of drug-likeness (QED) is 0.888. The number of rotatable bonds is 4. The second kappa shape index (κ2) is 7.46. The highest BCUT2D eigenvalue weighted by atomic mass is 35.5. The lowest BCUT2D eigenvalue weighted by atomic mass is 10.3. The number of sulfonamides is 1. The van der Waals surface area contributed by atoms with Gasteiger partial charge in [-0.25, -0.2) is 17.6 Å². The summed E-state index contributed by atoms with van der Waals surface area (Å²) in [5, 5.41) is 2.53. The Labute approximate surface area is 140 Å².